The van der Waals surface area contributed by atoms with Crippen molar-refractivity contribution in [2.75, 3.05) is 0 Å². The summed E-state index contributed by atoms with van der Waals surface area (Å²) < 4.78 is 40.5. The first-order chi connectivity index (χ1) is 12.8. The molecule has 2 aromatic rings. The van der Waals surface area contributed by atoms with Gasteiger partial charge in [-0.1, -0.05) is 44.2 Å². The number of fused-ring (bicyclic) bond motifs is 1. The number of nitrogens with one attached hydrogen (secondary N) is 2. The third-order valence-electron chi connectivity index (χ3n) is 4.24. The number of rotatable bonds is 5. The summed E-state index contributed by atoms with van der Waals surface area (Å²) in [5, 5.41) is 2.68. The van der Waals surface area contributed by atoms with E-state index in [9.17, 15) is 17.6 Å². The average Bonchev–Trinajstić information content (AvgIpc) is 2.89. The van der Waals surface area contributed by atoms with Crippen LogP contribution in [0.5, 0.6) is 0 Å². The average molecular weight is 389 g/mol. The van der Waals surface area contributed by atoms with Crippen LogP contribution in [0, 0.1) is 11.7 Å². The second kappa shape index (κ2) is 7.48. The largest absolute Gasteiger partial charge is 0.350 e. The number of carbonyl (C=O) groups is 1. The van der Waals surface area contributed by atoms with E-state index in [4.69, 9.17) is 0 Å². The van der Waals surface area contributed by atoms with Gasteiger partial charge in [0.15, 0.2) is 0 Å². The molecule has 0 radical (unpaired) electrons. The van der Waals surface area contributed by atoms with Crippen molar-refractivity contribution in [1.29, 1.82) is 0 Å². The number of halogens is 1. The minimum atomic E-state index is -3.67. The fraction of sp³-hybridized carbons (Fsp3) is 0.263. The van der Waals surface area contributed by atoms with E-state index in [1.54, 1.807) is 36.4 Å². The van der Waals surface area contributed by atoms with Gasteiger partial charge in [-0.25, -0.2) is 12.8 Å². The Kier molecular flexibility index (Phi) is 5.27. The number of hydrogen-bond acceptors (Lipinski definition) is 4. The molecule has 1 aliphatic rings. The standard InChI is InChI=1S/C19H20FN3O3S/c1-12(2)17(19(24)21-11-13-7-3-5-9-15(13)20)22-18-14-8-4-6-10-16(14)27(25,26)23-18/h3-10,12,17H,11H2,1-2H3,(H,21,24)(H,22,23)/t17-/m1/s1. The molecule has 0 saturated heterocycles. The Labute approximate surface area is 157 Å². The summed E-state index contributed by atoms with van der Waals surface area (Å²) in [4.78, 5) is 17.1. The van der Waals surface area contributed by atoms with Crippen LogP contribution in [0.1, 0.15) is 25.0 Å². The van der Waals surface area contributed by atoms with Crippen LogP contribution < -0.4 is 10.0 Å². The van der Waals surface area contributed by atoms with Crippen molar-refractivity contribution in [2.24, 2.45) is 10.9 Å². The molecule has 1 aliphatic heterocycles. The fourth-order valence-corrected chi connectivity index (χ4v) is 4.05. The lowest BCUT2D eigenvalue weighted by Crippen LogP contribution is -2.38. The summed E-state index contributed by atoms with van der Waals surface area (Å²) in [6, 6.07) is 11.8. The number of carbonyl (C=O) groups excluding carboxylic acids is 1. The first-order valence-corrected chi connectivity index (χ1v) is 9.99. The van der Waals surface area contributed by atoms with Crippen molar-refractivity contribution < 1.29 is 17.6 Å². The maximum Gasteiger partial charge on any atom is 0.263 e. The second-order valence-corrected chi connectivity index (χ2v) is 8.23. The number of hydrogen-bond donors (Lipinski definition) is 2. The zero-order valence-corrected chi connectivity index (χ0v) is 15.8. The van der Waals surface area contributed by atoms with Gasteiger partial charge in [0.1, 0.15) is 17.7 Å². The summed E-state index contributed by atoms with van der Waals surface area (Å²) in [5.74, 6) is -0.840. The van der Waals surface area contributed by atoms with Crippen molar-refractivity contribution in [3.8, 4) is 0 Å². The van der Waals surface area contributed by atoms with Crippen LogP contribution in [0.25, 0.3) is 0 Å². The molecule has 0 spiro atoms. The lowest BCUT2D eigenvalue weighted by molar-refractivity contribution is -0.123. The van der Waals surface area contributed by atoms with Crippen molar-refractivity contribution in [2.45, 2.75) is 31.3 Å². The topological polar surface area (TPSA) is 87.6 Å². The summed E-state index contributed by atoms with van der Waals surface area (Å²) in [6.07, 6.45) is 0. The Morgan fingerprint density at radius 3 is 2.52 bits per heavy atom. The number of nitrogens with zero attached hydrogens (tertiary/aromatic N) is 1. The van der Waals surface area contributed by atoms with E-state index in [2.05, 4.69) is 15.0 Å². The van der Waals surface area contributed by atoms with Gasteiger partial charge in [0, 0.05) is 17.7 Å². The van der Waals surface area contributed by atoms with Crippen molar-refractivity contribution >= 4 is 21.8 Å². The van der Waals surface area contributed by atoms with E-state index in [0.29, 0.717) is 11.1 Å². The Morgan fingerprint density at radius 1 is 1.15 bits per heavy atom. The van der Waals surface area contributed by atoms with Gasteiger partial charge in [-0.2, -0.15) is 0 Å². The Hall–Kier alpha value is -2.74. The first-order valence-electron chi connectivity index (χ1n) is 8.51. The molecule has 0 unspecified atom stereocenters. The van der Waals surface area contributed by atoms with E-state index in [-0.39, 0.29) is 23.2 Å². The number of benzene rings is 2. The summed E-state index contributed by atoms with van der Waals surface area (Å²) in [6.45, 7) is 3.65. The summed E-state index contributed by atoms with van der Waals surface area (Å²) >= 11 is 0. The number of aliphatic imine (C=N–C) groups is 1. The molecule has 3 rings (SSSR count). The molecule has 0 fully saturated rings. The molecule has 1 atom stereocenters. The molecule has 0 aliphatic carbocycles. The van der Waals surface area contributed by atoms with Gasteiger partial charge in [0.2, 0.25) is 5.91 Å². The fourth-order valence-electron chi connectivity index (χ4n) is 2.81. The van der Waals surface area contributed by atoms with E-state index in [0.717, 1.165) is 0 Å². The molecule has 8 heteroatoms. The van der Waals surface area contributed by atoms with Gasteiger partial charge >= 0.3 is 0 Å². The molecule has 1 heterocycles. The molecule has 2 N–H and O–H groups in total. The summed E-state index contributed by atoms with van der Waals surface area (Å²) in [5.41, 5.74) is 0.804. The minimum Gasteiger partial charge on any atom is -0.350 e. The van der Waals surface area contributed by atoms with E-state index in [1.165, 1.54) is 12.1 Å². The van der Waals surface area contributed by atoms with Crippen LogP contribution in [0.15, 0.2) is 58.4 Å². The molecule has 27 heavy (non-hydrogen) atoms. The molecule has 0 bridgehead atoms. The van der Waals surface area contributed by atoms with Crippen LogP contribution in [0.4, 0.5) is 4.39 Å². The Balaban J connectivity index is 1.83. The van der Waals surface area contributed by atoms with Crippen molar-refractivity contribution in [1.82, 2.24) is 10.0 Å². The quantitative estimate of drug-likeness (QED) is 0.822. The smallest absolute Gasteiger partial charge is 0.263 e. The highest BCUT2D eigenvalue weighted by atomic mass is 32.2. The van der Waals surface area contributed by atoms with Gasteiger partial charge in [-0.15, -0.1) is 0 Å². The van der Waals surface area contributed by atoms with Crippen LogP contribution in [-0.4, -0.2) is 26.2 Å². The third-order valence-corrected chi connectivity index (χ3v) is 5.64. The molecule has 2 aromatic carbocycles. The van der Waals surface area contributed by atoms with Gasteiger partial charge < -0.3 is 5.32 Å². The predicted octanol–water partition coefficient (Wildman–Crippen LogP) is 2.21. The zero-order chi connectivity index (χ0) is 19.6. The van der Waals surface area contributed by atoms with E-state index >= 15 is 0 Å². The van der Waals surface area contributed by atoms with Gasteiger partial charge in [0.25, 0.3) is 10.0 Å². The van der Waals surface area contributed by atoms with E-state index < -0.39 is 27.8 Å². The van der Waals surface area contributed by atoms with Gasteiger partial charge in [0.05, 0.1) is 4.90 Å². The lowest BCUT2D eigenvalue weighted by atomic mass is 10.0. The highest BCUT2D eigenvalue weighted by Gasteiger charge is 2.32. The van der Waals surface area contributed by atoms with Gasteiger partial charge in [-0.3, -0.25) is 14.5 Å². The van der Waals surface area contributed by atoms with Crippen LogP contribution >= 0.6 is 0 Å². The number of amidine groups is 1. The molecule has 0 aromatic heterocycles. The monoisotopic (exact) mass is 389 g/mol. The van der Waals surface area contributed by atoms with E-state index in [1.807, 2.05) is 13.8 Å². The number of amides is 1. The Bertz CT molecular complexity index is 1000. The normalized spacial score (nSPS) is 17.4. The molecule has 0 saturated carbocycles. The Morgan fingerprint density at radius 2 is 1.81 bits per heavy atom. The zero-order valence-electron chi connectivity index (χ0n) is 14.9. The van der Waals surface area contributed by atoms with Crippen molar-refractivity contribution in [3.63, 3.8) is 0 Å². The van der Waals surface area contributed by atoms with Crippen LogP contribution in [0.2, 0.25) is 0 Å². The molecule has 1 amide bonds. The second-order valence-electron chi connectivity index (χ2n) is 6.58. The summed E-state index contributed by atoms with van der Waals surface area (Å²) in [7, 11) is -3.67. The SMILES string of the molecule is CC(C)[C@@H](N=C1NS(=O)(=O)c2ccccc21)C(=O)NCc1ccccc1F. The maximum absolute atomic E-state index is 13.7. The molecular formula is C19H20FN3O3S. The third kappa shape index (κ3) is 4.00. The molecule has 142 valence electrons. The lowest BCUT2D eigenvalue weighted by Gasteiger charge is -2.17. The van der Waals surface area contributed by atoms with Crippen LogP contribution in [-0.2, 0) is 21.4 Å². The first kappa shape index (κ1) is 19.0. The minimum absolute atomic E-state index is 0.0297. The molecule has 6 nitrogen and oxygen atoms in total. The highest BCUT2D eigenvalue weighted by molar-refractivity contribution is 7.90. The molecular weight excluding hydrogens is 369 g/mol. The number of sulfonamides is 1. The van der Waals surface area contributed by atoms with Crippen LogP contribution in [0.3, 0.4) is 0 Å². The highest BCUT2D eigenvalue weighted by Crippen LogP contribution is 2.23. The predicted molar refractivity (Wildman–Crippen MR) is 100 cm³/mol. The van der Waals surface area contributed by atoms with Crippen molar-refractivity contribution in [3.05, 3.63) is 65.5 Å². The maximum atomic E-state index is 13.7. The van der Waals surface area contributed by atoms with Gasteiger partial charge in [-0.05, 0) is 24.1 Å².